The van der Waals surface area contributed by atoms with Gasteiger partial charge in [-0.3, -0.25) is 19.2 Å². The van der Waals surface area contributed by atoms with Crippen molar-refractivity contribution >= 4 is 40.9 Å². The van der Waals surface area contributed by atoms with Crippen LogP contribution in [0, 0.1) is 6.92 Å². The quantitative estimate of drug-likeness (QED) is 0.407. The lowest BCUT2D eigenvalue weighted by Gasteiger charge is -2.37. The second-order valence-electron chi connectivity index (χ2n) is 11.2. The van der Waals surface area contributed by atoms with E-state index < -0.39 is 23.9 Å². The number of amides is 4. The number of nitrogens with zero attached hydrogens (tertiary/aromatic N) is 2. The minimum atomic E-state index is -0.903. The summed E-state index contributed by atoms with van der Waals surface area (Å²) in [6, 6.07) is 11.1. The predicted molar refractivity (Wildman–Crippen MR) is 161 cm³/mol. The van der Waals surface area contributed by atoms with Crippen molar-refractivity contribution in [3.8, 4) is 0 Å². The van der Waals surface area contributed by atoms with Crippen LogP contribution in [0.15, 0.2) is 42.5 Å². The summed E-state index contributed by atoms with van der Waals surface area (Å²) in [6.07, 6.45) is 0.404. The zero-order valence-electron chi connectivity index (χ0n) is 24.4. The number of rotatable bonds is 9. The van der Waals surface area contributed by atoms with Gasteiger partial charge in [0, 0.05) is 49.6 Å². The van der Waals surface area contributed by atoms with Gasteiger partial charge in [0.05, 0.1) is 12.2 Å². The number of hydrogen-bond donors (Lipinski definition) is 3. The van der Waals surface area contributed by atoms with Crippen molar-refractivity contribution in [2.75, 3.05) is 25.0 Å². The highest BCUT2D eigenvalue weighted by atomic mass is 35.5. The molecule has 2 aromatic rings. The van der Waals surface area contributed by atoms with E-state index in [0.717, 1.165) is 16.7 Å². The van der Waals surface area contributed by atoms with Crippen LogP contribution in [-0.2, 0) is 36.9 Å². The fourth-order valence-corrected chi connectivity index (χ4v) is 5.69. The number of carbonyl (C=O) groups is 4. The monoisotopic (exact) mass is 597 g/mol. The zero-order valence-corrected chi connectivity index (χ0v) is 25.2. The van der Waals surface area contributed by atoms with Crippen molar-refractivity contribution in [1.82, 2.24) is 15.1 Å². The molecule has 1 fully saturated rings. The molecule has 0 bridgehead atoms. The first-order valence-electron chi connectivity index (χ1n) is 14.4. The number of ether oxygens (including phenoxy) is 1. The van der Waals surface area contributed by atoms with Crippen LogP contribution in [0.5, 0.6) is 0 Å². The number of morpholine rings is 1. The van der Waals surface area contributed by atoms with Gasteiger partial charge in [0.2, 0.25) is 23.6 Å². The van der Waals surface area contributed by atoms with Gasteiger partial charge in [0.15, 0.2) is 0 Å². The fourth-order valence-electron chi connectivity index (χ4n) is 5.57. The Morgan fingerprint density at radius 3 is 2.36 bits per heavy atom. The first-order chi connectivity index (χ1) is 20.0. The smallest absolute Gasteiger partial charge is 0.246 e. The molecule has 0 aromatic heterocycles. The van der Waals surface area contributed by atoms with Crippen LogP contribution < -0.4 is 16.4 Å². The van der Waals surface area contributed by atoms with Crippen molar-refractivity contribution in [3.05, 3.63) is 64.2 Å². The summed E-state index contributed by atoms with van der Waals surface area (Å²) in [5, 5.41) is 6.24. The number of carbonyl (C=O) groups excluding carboxylic acids is 4. The summed E-state index contributed by atoms with van der Waals surface area (Å²) in [7, 11) is 0. The molecular formula is C31H40ClN5O5. The molecule has 1 saturated heterocycles. The first-order valence-corrected chi connectivity index (χ1v) is 14.8. The number of anilines is 1. The van der Waals surface area contributed by atoms with E-state index in [1.165, 1.54) is 4.90 Å². The van der Waals surface area contributed by atoms with E-state index in [0.29, 0.717) is 30.2 Å². The average Bonchev–Trinajstić information content (AvgIpc) is 2.96. The molecule has 4 N–H and O–H groups in total. The Morgan fingerprint density at radius 2 is 1.69 bits per heavy atom. The Morgan fingerprint density at radius 1 is 1.02 bits per heavy atom. The molecule has 2 aromatic carbocycles. The van der Waals surface area contributed by atoms with Gasteiger partial charge in [-0.1, -0.05) is 35.9 Å². The maximum atomic E-state index is 13.7. The molecule has 226 valence electrons. The molecule has 2 heterocycles. The van der Waals surface area contributed by atoms with E-state index in [4.69, 9.17) is 22.1 Å². The van der Waals surface area contributed by atoms with Gasteiger partial charge in [-0.05, 0) is 68.6 Å². The lowest BCUT2D eigenvalue weighted by atomic mass is 9.92. The van der Waals surface area contributed by atoms with E-state index >= 15 is 0 Å². The van der Waals surface area contributed by atoms with Gasteiger partial charge >= 0.3 is 0 Å². The lowest BCUT2D eigenvalue weighted by Crippen LogP contribution is -2.56. The zero-order chi connectivity index (χ0) is 30.4. The second kappa shape index (κ2) is 14.1. The maximum absolute atomic E-state index is 13.7. The van der Waals surface area contributed by atoms with E-state index in [1.54, 1.807) is 23.1 Å². The molecule has 2 aliphatic rings. The molecule has 0 spiro atoms. The number of benzene rings is 2. The second-order valence-corrected chi connectivity index (χ2v) is 11.6. The van der Waals surface area contributed by atoms with Crippen molar-refractivity contribution in [2.45, 2.75) is 77.3 Å². The average molecular weight is 598 g/mol. The number of nitrogens with one attached hydrogen (secondary N) is 2. The molecule has 4 atom stereocenters. The van der Waals surface area contributed by atoms with E-state index in [9.17, 15) is 19.2 Å². The molecule has 11 heteroatoms. The SMILES string of the molecule is Cc1cc(NC(=O)[C@H](CCN)NC(=O)C2Cc3ccccc3CN2C(=O)CCC(=O)N2C[C@@H](C)O[C@@H](C)C2)ccc1Cl. The Kier molecular flexibility index (Phi) is 10.6. The van der Waals surface area contributed by atoms with Gasteiger partial charge in [-0.2, -0.15) is 0 Å². The summed E-state index contributed by atoms with van der Waals surface area (Å²) in [6.45, 7) is 7.06. The summed E-state index contributed by atoms with van der Waals surface area (Å²) < 4.78 is 5.71. The Bertz CT molecular complexity index is 1310. The summed E-state index contributed by atoms with van der Waals surface area (Å²) in [4.78, 5) is 56.6. The molecule has 4 rings (SSSR count). The molecular weight excluding hydrogens is 558 g/mol. The highest BCUT2D eigenvalue weighted by Gasteiger charge is 2.36. The highest BCUT2D eigenvalue weighted by Crippen LogP contribution is 2.25. The topological polar surface area (TPSA) is 134 Å². The van der Waals surface area contributed by atoms with E-state index in [1.807, 2.05) is 45.0 Å². The fraction of sp³-hybridized carbons (Fsp3) is 0.484. The Balaban J connectivity index is 1.46. The highest BCUT2D eigenvalue weighted by molar-refractivity contribution is 6.31. The summed E-state index contributed by atoms with van der Waals surface area (Å²) in [5.74, 6) is -1.25. The number of fused-ring (bicyclic) bond motifs is 1. The van der Waals surface area contributed by atoms with Gasteiger partial charge in [0.1, 0.15) is 12.1 Å². The standard InChI is InChI=1S/C31H40ClN5O5/c1-19-14-24(8-9-25(19)32)34-30(40)26(12-13-33)35-31(41)27-15-22-6-4-5-7-23(22)18-37(27)29(39)11-10-28(38)36-16-20(2)42-21(3)17-36/h4-9,14,20-21,26-27H,10-13,15-18,33H2,1-3H3,(H,34,40)(H,35,41)/t20-,21+,26-,27?/m0/s1. The number of nitrogens with two attached hydrogens (primary N) is 1. The third-order valence-electron chi connectivity index (χ3n) is 7.71. The molecule has 10 nitrogen and oxygen atoms in total. The largest absolute Gasteiger partial charge is 0.372 e. The molecule has 0 radical (unpaired) electrons. The molecule has 42 heavy (non-hydrogen) atoms. The van der Waals surface area contributed by atoms with Crippen LogP contribution in [0.25, 0.3) is 0 Å². The van der Waals surface area contributed by atoms with Crippen LogP contribution in [0.2, 0.25) is 5.02 Å². The first kappa shape index (κ1) is 31.5. The molecule has 4 amide bonds. The van der Waals surface area contributed by atoms with Crippen LogP contribution in [0.3, 0.4) is 0 Å². The summed E-state index contributed by atoms with van der Waals surface area (Å²) >= 11 is 6.11. The minimum absolute atomic E-state index is 0.0203. The van der Waals surface area contributed by atoms with Crippen molar-refractivity contribution in [3.63, 3.8) is 0 Å². The molecule has 1 unspecified atom stereocenters. The van der Waals surface area contributed by atoms with Crippen LogP contribution in [0.4, 0.5) is 5.69 Å². The van der Waals surface area contributed by atoms with Crippen molar-refractivity contribution < 1.29 is 23.9 Å². The maximum Gasteiger partial charge on any atom is 0.246 e. The van der Waals surface area contributed by atoms with Crippen LogP contribution >= 0.6 is 11.6 Å². The van der Waals surface area contributed by atoms with Crippen LogP contribution in [0.1, 0.15) is 49.8 Å². The van der Waals surface area contributed by atoms with Gasteiger partial charge in [0.25, 0.3) is 0 Å². The van der Waals surface area contributed by atoms with Crippen molar-refractivity contribution in [2.24, 2.45) is 5.73 Å². The predicted octanol–water partition coefficient (Wildman–Crippen LogP) is 2.79. The summed E-state index contributed by atoms with van der Waals surface area (Å²) in [5.41, 5.74) is 9.06. The number of halogens is 1. The number of hydrogen-bond acceptors (Lipinski definition) is 6. The van der Waals surface area contributed by atoms with Crippen molar-refractivity contribution in [1.29, 1.82) is 0 Å². The van der Waals surface area contributed by atoms with E-state index in [-0.39, 0.29) is 56.4 Å². The third kappa shape index (κ3) is 7.87. The minimum Gasteiger partial charge on any atom is -0.372 e. The van der Waals surface area contributed by atoms with E-state index in [2.05, 4.69) is 10.6 Å². The lowest BCUT2D eigenvalue weighted by molar-refractivity contribution is -0.147. The van der Waals surface area contributed by atoms with Gasteiger partial charge < -0.3 is 30.9 Å². The Labute approximate surface area is 251 Å². The third-order valence-corrected chi connectivity index (χ3v) is 8.13. The normalized spacial score (nSPS) is 20.8. The number of aryl methyl sites for hydroxylation is 1. The molecule has 0 saturated carbocycles. The van der Waals surface area contributed by atoms with Gasteiger partial charge in [-0.25, -0.2) is 0 Å². The molecule has 2 aliphatic heterocycles. The molecule has 0 aliphatic carbocycles. The van der Waals surface area contributed by atoms with Gasteiger partial charge in [-0.15, -0.1) is 0 Å². The Hall–Kier alpha value is -3.47. The van der Waals surface area contributed by atoms with Crippen LogP contribution in [-0.4, -0.2) is 77.4 Å².